The standard InChI is InChI=1S/C10H14BrN4O2/c1-4-5-15-6-7(12-9(15)11)13(2)10(17)14(3)8(6)16/h6H,4-5H2,1-3H3/q+1. The quantitative estimate of drug-likeness (QED) is 0.550. The van der Waals surface area contributed by atoms with Crippen LogP contribution in [0.3, 0.4) is 0 Å². The predicted molar refractivity (Wildman–Crippen MR) is 66.5 cm³/mol. The van der Waals surface area contributed by atoms with Gasteiger partial charge in [-0.15, -0.1) is 0 Å². The smallest absolute Gasteiger partial charge is 0.269 e. The maximum Gasteiger partial charge on any atom is 0.364 e. The molecule has 2 heterocycles. The average molecular weight is 302 g/mol. The summed E-state index contributed by atoms with van der Waals surface area (Å²) in [6.45, 7) is 2.75. The maximum atomic E-state index is 12.1. The van der Waals surface area contributed by atoms with Gasteiger partial charge in [0.2, 0.25) is 0 Å². The molecule has 0 N–H and O–H groups in total. The van der Waals surface area contributed by atoms with Crippen LogP contribution in [0.2, 0.25) is 0 Å². The fraction of sp³-hybridized carbons (Fsp3) is 0.600. The second-order valence-electron chi connectivity index (χ2n) is 4.07. The summed E-state index contributed by atoms with van der Waals surface area (Å²) in [6, 6.07) is -0.819. The molecule has 2 aliphatic rings. The number of nitrogens with zero attached hydrogens (tertiary/aromatic N) is 4. The van der Waals surface area contributed by atoms with Crippen molar-refractivity contribution in [2.75, 3.05) is 20.6 Å². The van der Waals surface area contributed by atoms with Gasteiger partial charge in [-0.05, 0) is 11.4 Å². The zero-order valence-electron chi connectivity index (χ0n) is 9.97. The molecular formula is C10H14BrN4O2+. The van der Waals surface area contributed by atoms with E-state index in [1.165, 1.54) is 11.9 Å². The summed E-state index contributed by atoms with van der Waals surface area (Å²) >= 11 is 3.34. The molecule has 2 aliphatic heterocycles. The Hall–Kier alpha value is -1.24. The minimum atomic E-state index is -0.475. The molecule has 3 amide bonds. The fourth-order valence-corrected chi connectivity index (χ4v) is 2.59. The Bertz CT molecular complexity index is 457. The van der Waals surface area contributed by atoms with E-state index in [0.717, 1.165) is 17.9 Å². The lowest BCUT2D eigenvalue weighted by molar-refractivity contribution is -0.532. The van der Waals surface area contributed by atoms with Crippen molar-refractivity contribution in [3.05, 3.63) is 0 Å². The molecule has 0 bridgehead atoms. The van der Waals surface area contributed by atoms with Crippen LogP contribution in [0.1, 0.15) is 13.3 Å². The molecule has 0 aromatic rings. The fourth-order valence-electron chi connectivity index (χ4n) is 2.03. The number of hydrogen-bond acceptors (Lipinski definition) is 3. The molecule has 0 aromatic heterocycles. The predicted octanol–water partition coefficient (Wildman–Crippen LogP) is 0.464. The van der Waals surface area contributed by atoms with Gasteiger partial charge in [0.1, 0.15) is 0 Å². The summed E-state index contributed by atoms with van der Waals surface area (Å²) in [5.74, 6) is 0.271. The molecule has 0 aromatic carbocycles. The van der Waals surface area contributed by atoms with E-state index in [1.54, 1.807) is 7.05 Å². The van der Waals surface area contributed by atoms with Crippen LogP contribution in [0, 0.1) is 0 Å². The van der Waals surface area contributed by atoms with E-state index >= 15 is 0 Å². The molecule has 17 heavy (non-hydrogen) atoms. The van der Waals surface area contributed by atoms with Crippen LogP contribution >= 0.6 is 15.9 Å². The van der Waals surface area contributed by atoms with Crippen LogP contribution in [0.5, 0.6) is 0 Å². The van der Waals surface area contributed by atoms with E-state index in [4.69, 9.17) is 0 Å². The van der Waals surface area contributed by atoms with Gasteiger partial charge < -0.3 is 0 Å². The van der Waals surface area contributed by atoms with Crippen molar-refractivity contribution in [2.24, 2.45) is 4.99 Å². The normalized spacial score (nSPS) is 24.5. The number of imide groups is 1. The molecule has 7 heteroatoms. The summed E-state index contributed by atoms with van der Waals surface area (Å²) in [5, 5.41) is 0. The molecule has 6 nitrogen and oxygen atoms in total. The van der Waals surface area contributed by atoms with Crippen molar-refractivity contribution in [1.82, 2.24) is 9.80 Å². The van der Waals surface area contributed by atoms with Gasteiger partial charge >= 0.3 is 10.8 Å². The molecule has 0 radical (unpaired) electrons. The first-order chi connectivity index (χ1) is 7.99. The number of likely N-dealkylation sites (N-methyl/N-ethyl adjacent to an activating group) is 2. The summed E-state index contributed by atoms with van der Waals surface area (Å²) in [5.41, 5.74) is 0. The monoisotopic (exact) mass is 301 g/mol. The van der Waals surface area contributed by atoms with Crippen molar-refractivity contribution in [3.8, 4) is 0 Å². The van der Waals surface area contributed by atoms with Crippen molar-refractivity contribution in [3.63, 3.8) is 0 Å². The Morgan fingerprint density at radius 2 is 2.00 bits per heavy atom. The summed E-state index contributed by atoms with van der Waals surface area (Å²) < 4.78 is 2.49. The maximum absolute atomic E-state index is 12.1. The Balaban J connectivity index is 2.42. The Morgan fingerprint density at radius 1 is 1.35 bits per heavy atom. The van der Waals surface area contributed by atoms with Crippen LogP contribution in [0.4, 0.5) is 4.79 Å². The van der Waals surface area contributed by atoms with Gasteiger partial charge in [-0.1, -0.05) is 6.92 Å². The zero-order valence-corrected chi connectivity index (χ0v) is 11.6. The largest absolute Gasteiger partial charge is 0.364 e. The van der Waals surface area contributed by atoms with Crippen LogP contribution in [-0.2, 0) is 4.79 Å². The van der Waals surface area contributed by atoms with E-state index in [9.17, 15) is 9.59 Å². The van der Waals surface area contributed by atoms with Crippen molar-refractivity contribution in [2.45, 2.75) is 19.4 Å². The van der Waals surface area contributed by atoms with Crippen molar-refractivity contribution < 1.29 is 14.2 Å². The number of amides is 3. The molecule has 1 saturated heterocycles. The number of aliphatic imine (C=N–C) groups is 1. The van der Waals surface area contributed by atoms with Crippen LogP contribution < -0.4 is 0 Å². The van der Waals surface area contributed by atoms with Gasteiger partial charge in [-0.2, -0.15) is 0 Å². The van der Waals surface area contributed by atoms with Gasteiger partial charge in [0, 0.05) is 14.1 Å². The molecule has 2 rings (SSSR count). The van der Waals surface area contributed by atoms with Gasteiger partial charge in [0.25, 0.3) is 17.8 Å². The lowest BCUT2D eigenvalue weighted by Crippen LogP contribution is -2.61. The molecule has 0 spiro atoms. The lowest BCUT2D eigenvalue weighted by Gasteiger charge is -2.30. The molecule has 1 unspecified atom stereocenters. The topological polar surface area (TPSA) is 56.0 Å². The first-order valence-corrected chi connectivity index (χ1v) is 6.21. The minimum Gasteiger partial charge on any atom is -0.269 e. The number of rotatable bonds is 2. The van der Waals surface area contributed by atoms with Gasteiger partial charge in [0.05, 0.1) is 22.5 Å². The van der Waals surface area contributed by atoms with E-state index < -0.39 is 6.04 Å². The Labute approximate surface area is 108 Å². The van der Waals surface area contributed by atoms with Gasteiger partial charge in [-0.25, -0.2) is 9.37 Å². The molecule has 0 saturated carbocycles. The lowest BCUT2D eigenvalue weighted by atomic mass is 10.1. The summed E-state index contributed by atoms with van der Waals surface area (Å²) in [6.07, 6.45) is 0.906. The number of fused-ring (bicyclic) bond motifs is 1. The van der Waals surface area contributed by atoms with Gasteiger partial charge in [0.15, 0.2) is 0 Å². The number of halogens is 1. The Morgan fingerprint density at radius 3 is 2.59 bits per heavy atom. The molecule has 1 atom stereocenters. The van der Waals surface area contributed by atoms with Crippen molar-refractivity contribution in [1.29, 1.82) is 0 Å². The zero-order chi connectivity index (χ0) is 12.7. The molecule has 92 valence electrons. The molecule has 1 fully saturated rings. The highest BCUT2D eigenvalue weighted by Crippen LogP contribution is 2.20. The molecule has 0 aliphatic carbocycles. The summed E-state index contributed by atoms with van der Waals surface area (Å²) in [7, 11) is 3.13. The number of carbonyl (C=O) groups excluding carboxylic acids is 2. The SMILES string of the molecule is CCC[N+]1=C(Br)N=C2C1C(=O)N(C)C(=O)N2C. The number of hydrogen-bond donors (Lipinski definition) is 0. The third-order valence-electron chi connectivity index (χ3n) is 2.95. The van der Waals surface area contributed by atoms with Crippen LogP contribution in [0.25, 0.3) is 0 Å². The minimum absolute atomic E-state index is 0.227. The summed E-state index contributed by atoms with van der Waals surface area (Å²) in [4.78, 5) is 30.7. The number of amidine groups is 2. The van der Waals surface area contributed by atoms with E-state index in [2.05, 4.69) is 20.9 Å². The Kier molecular flexibility index (Phi) is 3.03. The van der Waals surface area contributed by atoms with E-state index in [0.29, 0.717) is 10.6 Å². The highest BCUT2D eigenvalue weighted by atomic mass is 79.9. The van der Waals surface area contributed by atoms with Crippen LogP contribution in [-0.4, -0.2) is 63.6 Å². The third kappa shape index (κ3) is 1.69. The second kappa shape index (κ2) is 4.21. The first-order valence-electron chi connectivity index (χ1n) is 5.42. The van der Waals surface area contributed by atoms with E-state index in [1.807, 2.05) is 11.5 Å². The van der Waals surface area contributed by atoms with Gasteiger partial charge in [-0.3, -0.25) is 14.6 Å². The highest BCUT2D eigenvalue weighted by molar-refractivity contribution is 9.18. The highest BCUT2D eigenvalue weighted by Gasteiger charge is 2.52. The van der Waals surface area contributed by atoms with E-state index in [-0.39, 0.29) is 11.9 Å². The average Bonchev–Trinajstić information content (AvgIpc) is 2.62. The molecular weight excluding hydrogens is 288 g/mol. The third-order valence-corrected chi connectivity index (χ3v) is 3.58. The van der Waals surface area contributed by atoms with Crippen molar-refractivity contribution >= 4 is 38.4 Å². The second-order valence-corrected chi connectivity index (χ2v) is 4.78. The van der Waals surface area contributed by atoms with Crippen LogP contribution in [0.15, 0.2) is 4.99 Å². The number of carbonyl (C=O) groups is 2. The number of urea groups is 1. The first kappa shape index (κ1) is 12.2.